The molecule has 0 atom stereocenters. The molecule has 0 bridgehead atoms. The van der Waals surface area contributed by atoms with Gasteiger partial charge in [-0.15, -0.1) is 0 Å². The Labute approximate surface area is 166 Å². The Morgan fingerprint density at radius 2 is 1.86 bits per heavy atom. The van der Waals surface area contributed by atoms with Crippen molar-refractivity contribution in [1.29, 1.82) is 0 Å². The molecule has 150 valence electrons. The van der Waals surface area contributed by atoms with Gasteiger partial charge in [0.2, 0.25) is 5.91 Å². The van der Waals surface area contributed by atoms with E-state index in [1.165, 1.54) is 18.5 Å². The summed E-state index contributed by atoms with van der Waals surface area (Å²) in [7, 11) is 0. The van der Waals surface area contributed by atoms with Gasteiger partial charge in [0.1, 0.15) is 5.76 Å². The standard InChI is InChI=1S/C22H29N3O3/c26-22(17-25(19-4-1-2-5-19)16-21-6-3-13-28-21)23-18-7-9-20(10-8-18)24-11-14-27-15-12-24/h3,6-10,13,19H,1-2,4-5,11-12,14-17H2,(H,23,26). The predicted octanol–water partition coefficient (Wildman–Crippen LogP) is 3.50. The Kier molecular flexibility index (Phi) is 6.29. The molecule has 1 aromatic carbocycles. The fraction of sp³-hybridized carbons (Fsp3) is 0.500. The maximum atomic E-state index is 12.7. The second-order valence-electron chi connectivity index (χ2n) is 7.62. The van der Waals surface area contributed by atoms with E-state index >= 15 is 0 Å². The average Bonchev–Trinajstić information content (AvgIpc) is 3.43. The van der Waals surface area contributed by atoms with Crippen LogP contribution in [0.15, 0.2) is 47.1 Å². The highest BCUT2D eigenvalue weighted by atomic mass is 16.5. The number of carbonyl (C=O) groups is 1. The first-order valence-electron chi connectivity index (χ1n) is 10.3. The highest BCUT2D eigenvalue weighted by Crippen LogP contribution is 2.25. The van der Waals surface area contributed by atoms with Gasteiger partial charge in [0.05, 0.1) is 32.6 Å². The third kappa shape index (κ3) is 4.94. The van der Waals surface area contributed by atoms with Crippen LogP contribution in [0.4, 0.5) is 11.4 Å². The number of rotatable bonds is 7. The minimum absolute atomic E-state index is 0.0255. The fourth-order valence-corrected chi connectivity index (χ4v) is 4.15. The SMILES string of the molecule is O=C(CN(Cc1ccco1)C1CCCC1)Nc1ccc(N2CCOCC2)cc1. The Morgan fingerprint density at radius 3 is 2.54 bits per heavy atom. The molecule has 1 aliphatic carbocycles. The molecule has 2 aromatic rings. The number of carbonyl (C=O) groups excluding carboxylic acids is 1. The van der Waals surface area contributed by atoms with Gasteiger partial charge in [-0.05, 0) is 49.2 Å². The van der Waals surface area contributed by atoms with E-state index in [9.17, 15) is 4.79 Å². The molecule has 1 saturated heterocycles. The van der Waals surface area contributed by atoms with E-state index in [1.54, 1.807) is 6.26 Å². The molecule has 1 aromatic heterocycles. The first kappa shape index (κ1) is 19.0. The van der Waals surface area contributed by atoms with E-state index in [0.717, 1.165) is 50.6 Å². The summed E-state index contributed by atoms with van der Waals surface area (Å²) in [5.74, 6) is 0.937. The van der Waals surface area contributed by atoms with Crippen LogP contribution in [0.25, 0.3) is 0 Å². The molecular weight excluding hydrogens is 354 g/mol. The Hall–Kier alpha value is -2.31. The van der Waals surface area contributed by atoms with Crippen molar-refractivity contribution in [1.82, 2.24) is 4.90 Å². The van der Waals surface area contributed by atoms with Gasteiger partial charge in [0.25, 0.3) is 0 Å². The molecule has 2 aliphatic rings. The normalized spacial score (nSPS) is 18.0. The van der Waals surface area contributed by atoms with Gasteiger partial charge in [-0.1, -0.05) is 12.8 Å². The quantitative estimate of drug-likeness (QED) is 0.793. The lowest BCUT2D eigenvalue weighted by molar-refractivity contribution is -0.118. The summed E-state index contributed by atoms with van der Waals surface area (Å²) >= 11 is 0. The molecule has 0 unspecified atom stereocenters. The molecule has 1 N–H and O–H groups in total. The fourth-order valence-electron chi connectivity index (χ4n) is 4.15. The van der Waals surface area contributed by atoms with Crippen LogP contribution in [0.3, 0.4) is 0 Å². The number of nitrogens with zero attached hydrogens (tertiary/aromatic N) is 2. The second kappa shape index (κ2) is 9.26. The van der Waals surface area contributed by atoms with Crippen molar-refractivity contribution < 1.29 is 13.9 Å². The van der Waals surface area contributed by atoms with Gasteiger partial charge in [-0.3, -0.25) is 9.69 Å². The molecule has 6 heteroatoms. The summed E-state index contributed by atoms with van der Waals surface area (Å²) < 4.78 is 10.9. The van der Waals surface area contributed by atoms with Crippen LogP contribution in [0.5, 0.6) is 0 Å². The van der Waals surface area contributed by atoms with Crippen molar-refractivity contribution in [3.8, 4) is 0 Å². The smallest absolute Gasteiger partial charge is 0.238 e. The number of hydrogen-bond donors (Lipinski definition) is 1. The largest absolute Gasteiger partial charge is 0.468 e. The van der Waals surface area contributed by atoms with E-state index in [4.69, 9.17) is 9.15 Å². The lowest BCUT2D eigenvalue weighted by Crippen LogP contribution is -2.39. The van der Waals surface area contributed by atoms with Gasteiger partial charge in [-0.2, -0.15) is 0 Å². The van der Waals surface area contributed by atoms with Crippen LogP contribution in [0.2, 0.25) is 0 Å². The summed E-state index contributed by atoms with van der Waals surface area (Å²) in [5, 5.41) is 3.05. The highest BCUT2D eigenvalue weighted by Gasteiger charge is 2.25. The zero-order valence-corrected chi connectivity index (χ0v) is 16.3. The Morgan fingerprint density at radius 1 is 1.11 bits per heavy atom. The van der Waals surface area contributed by atoms with Crippen LogP contribution in [0.1, 0.15) is 31.4 Å². The van der Waals surface area contributed by atoms with E-state index in [-0.39, 0.29) is 5.91 Å². The molecule has 2 heterocycles. The van der Waals surface area contributed by atoms with Crippen LogP contribution in [0, 0.1) is 0 Å². The molecule has 28 heavy (non-hydrogen) atoms. The number of furan rings is 1. The Bertz CT molecular complexity index is 733. The van der Waals surface area contributed by atoms with Crippen LogP contribution < -0.4 is 10.2 Å². The molecule has 2 fully saturated rings. The molecule has 0 radical (unpaired) electrons. The van der Waals surface area contributed by atoms with Crippen molar-refractivity contribution >= 4 is 17.3 Å². The van der Waals surface area contributed by atoms with Crippen LogP contribution in [-0.4, -0.2) is 49.7 Å². The van der Waals surface area contributed by atoms with Crippen molar-refractivity contribution in [3.05, 3.63) is 48.4 Å². The maximum Gasteiger partial charge on any atom is 0.238 e. The number of benzene rings is 1. The third-order valence-electron chi connectivity index (χ3n) is 5.65. The van der Waals surface area contributed by atoms with Gasteiger partial charge < -0.3 is 19.4 Å². The zero-order valence-electron chi connectivity index (χ0n) is 16.3. The summed E-state index contributed by atoms with van der Waals surface area (Å²) in [5.41, 5.74) is 2.01. The van der Waals surface area contributed by atoms with E-state index in [0.29, 0.717) is 19.1 Å². The summed E-state index contributed by atoms with van der Waals surface area (Å²) in [6.07, 6.45) is 6.48. The molecule has 0 spiro atoms. The van der Waals surface area contributed by atoms with Gasteiger partial charge in [0, 0.05) is 30.5 Å². The van der Waals surface area contributed by atoms with Crippen LogP contribution >= 0.6 is 0 Å². The Balaban J connectivity index is 1.34. The van der Waals surface area contributed by atoms with Crippen molar-refractivity contribution in [3.63, 3.8) is 0 Å². The van der Waals surface area contributed by atoms with Crippen molar-refractivity contribution in [2.45, 2.75) is 38.3 Å². The molecule has 1 amide bonds. The van der Waals surface area contributed by atoms with Gasteiger partial charge in [0.15, 0.2) is 0 Å². The summed E-state index contributed by atoms with van der Waals surface area (Å²) in [4.78, 5) is 17.2. The predicted molar refractivity (Wildman–Crippen MR) is 109 cm³/mol. The first-order chi connectivity index (χ1) is 13.8. The minimum Gasteiger partial charge on any atom is -0.468 e. The number of anilines is 2. The minimum atomic E-state index is 0.0255. The molecular formula is C22H29N3O3. The number of ether oxygens (including phenoxy) is 1. The van der Waals surface area contributed by atoms with E-state index < -0.39 is 0 Å². The monoisotopic (exact) mass is 383 g/mol. The average molecular weight is 383 g/mol. The number of nitrogens with one attached hydrogen (secondary N) is 1. The lowest BCUT2D eigenvalue weighted by Gasteiger charge is -2.29. The lowest BCUT2D eigenvalue weighted by atomic mass is 10.2. The van der Waals surface area contributed by atoms with E-state index in [2.05, 4.69) is 27.2 Å². The third-order valence-corrected chi connectivity index (χ3v) is 5.65. The topological polar surface area (TPSA) is 58.0 Å². The molecule has 6 nitrogen and oxygen atoms in total. The van der Waals surface area contributed by atoms with E-state index in [1.807, 2.05) is 24.3 Å². The first-order valence-corrected chi connectivity index (χ1v) is 10.3. The molecule has 1 saturated carbocycles. The number of amides is 1. The maximum absolute atomic E-state index is 12.7. The summed E-state index contributed by atoms with van der Waals surface area (Å²) in [6, 6.07) is 12.4. The molecule has 4 rings (SSSR count). The zero-order chi connectivity index (χ0) is 19.2. The van der Waals surface area contributed by atoms with Gasteiger partial charge in [-0.25, -0.2) is 0 Å². The number of morpholine rings is 1. The van der Waals surface area contributed by atoms with Crippen molar-refractivity contribution in [2.75, 3.05) is 43.1 Å². The van der Waals surface area contributed by atoms with Crippen LogP contribution in [-0.2, 0) is 16.1 Å². The number of hydrogen-bond acceptors (Lipinski definition) is 5. The summed E-state index contributed by atoms with van der Waals surface area (Å²) in [6.45, 7) is 4.43. The second-order valence-corrected chi connectivity index (χ2v) is 7.62. The molecule has 1 aliphatic heterocycles. The van der Waals surface area contributed by atoms with Crippen molar-refractivity contribution in [2.24, 2.45) is 0 Å². The van der Waals surface area contributed by atoms with Gasteiger partial charge >= 0.3 is 0 Å². The highest BCUT2D eigenvalue weighted by molar-refractivity contribution is 5.92.